The fourth-order valence-electron chi connectivity index (χ4n) is 3.04. The van der Waals surface area contributed by atoms with Gasteiger partial charge in [-0.1, -0.05) is 30.8 Å². The molecule has 0 aromatic carbocycles. The van der Waals surface area contributed by atoms with Crippen molar-refractivity contribution in [2.24, 2.45) is 0 Å². The van der Waals surface area contributed by atoms with Crippen molar-refractivity contribution in [3.63, 3.8) is 0 Å². The molecule has 0 spiro atoms. The summed E-state index contributed by atoms with van der Waals surface area (Å²) in [7, 11) is 0. The Morgan fingerprint density at radius 1 is 1.33 bits per heavy atom. The van der Waals surface area contributed by atoms with Gasteiger partial charge in [-0.25, -0.2) is 0 Å². The quantitative estimate of drug-likeness (QED) is 0.862. The van der Waals surface area contributed by atoms with E-state index in [0.717, 1.165) is 18.8 Å². The van der Waals surface area contributed by atoms with Gasteiger partial charge in [0.2, 0.25) is 0 Å². The molecule has 1 aliphatic rings. The van der Waals surface area contributed by atoms with E-state index in [4.69, 9.17) is 0 Å². The summed E-state index contributed by atoms with van der Waals surface area (Å²) in [5.74, 6) is 0.442. The first kappa shape index (κ1) is 14.6. The van der Waals surface area contributed by atoms with Gasteiger partial charge in [-0.2, -0.15) is 0 Å². The fraction of sp³-hybridized carbons (Fsp3) is 0.562. The first-order chi connectivity index (χ1) is 10.3. The first-order valence-electron chi connectivity index (χ1n) is 7.72. The van der Waals surface area contributed by atoms with Crippen LogP contribution in [0.2, 0.25) is 0 Å². The molecule has 5 heteroatoms. The molecule has 112 valence electrons. The molecule has 0 unspecified atom stereocenters. The summed E-state index contributed by atoms with van der Waals surface area (Å²) in [5, 5.41) is 4.31. The highest BCUT2D eigenvalue weighted by molar-refractivity contribution is 7.05. The third-order valence-corrected chi connectivity index (χ3v) is 4.84. The van der Waals surface area contributed by atoms with Crippen molar-refractivity contribution < 1.29 is 0 Å². The molecule has 21 heavy (non-hydrogen) atoms. The van der Waals surface area contributed by atoms with Crippen LogP contribution in [0.25, 0.3) is 0 Å². The lowest BCUT2D eigenvalue weighted by molar-refractivity contribution is 0.138. The number of aromatic nitrogens is 3. The van der Waals surface area contributed by atoms with Crippen LogP contribution in [0, 0.1) is 0 Å². The van der Waals surface area contributed by atoms with Crippen LogP contribution in [-0.2, 0) is 6.54 Å². The van der Waals surface area contributed by atoms with Gasteiger partial charge >= 0.3 is 0 Å². The molecular formula is C16H22N4S. The Kier molecular flexibility index (Phi) is 4.60. The van der Waals surface area contributed by atoms with Crippen molar-refractivity contribution in [2.75, 3.05) is 6.54 Å². The lowest BCUT2D eigenvalue weighted by Gasteiger charge is -2.35. The zero-order valence-electron chi connectivity index (χ0n) is 12.7. The lowest BCUT2D eigenvalue weighted by atomic mass is 9.98. The van der Waals surface area contributed by atoms with E-state index in [1.165, 1.54) is 29.8 Å². The average Bonchev–Trinajstić information content (AvgIpc) is 2.97. The van der Waals surface area contributed by atoms with Gasteiger partial charge in [-0.05, 0) is 49.0 Å². The predicted molar refractivity (Wildman–Crippen MR) is 85.2 cm³/mol. The van der Waals surface area contributed by atoms with Crippen LogP contribution in [0.15, 0.2) is 24.4 Å². The van der Waals surface area contributed by atoms with E-state index in [9.17, 15) is 0 Å². The molecule has 3 rings (SSSR count). The third kappa shape index (κ3) is 3.30. The van der Waals surface area contributed by atoms with Crippen molar-refractivity contribution in [3.05, 3.63) is 40.7 Å². The van der Waals surface area contributed by atoms with Gasteiger partial charge in [-0.3, -0.25) is 9.88 Å². The van der Waals surface area contributed by atoms with Crippen molar-refractivity contribution in [1.82, 2.24) is 19.5 Å². The van der Waals surface area contributed by atoms with E-state index < -0.39 is 0 Å². The molecule has 0 amide bonds. The molecule has 0 bridgehead atoms. The lowest BCUT2D eigenvalue weighted by Crippen LogP contribution is -2.33. The number of likely N-dealkylation sites (tertiary alicyclic amines) is 1. The van der Waals surface area contributed by atoms with Crippen LogP contribution in [0.4, 0.5) is 0 Å². The van der Waals surface area contributed by atoms with Gasteiger partial charge in [0.1, 0.15) is 0 Å². The van der Waals surface area contributed by atoms with Crippen LogP contribution in [0.1, 0.15) is 61.3 Å². The molecule has 3 heterocycles. The molecule has 1 saturated heterocycles. The number of nitrogens with zero attached hydrogens (tertiary/aromatic N) is 4. The highest BCUT2D eigenvalue weighted by atomic mass is 32.1. The number of piperidine rings is 1. The topological polar surface area (TPSA) is 41.9 Å². The van der Waals surface area contributed by atoms with Crippen LogP contribution < -0.4 is 0 Å². The van der Waals surface area contributed by atoms with Crippen molar-refractivity contribution in [2.45, 2.75) is 51.6 Å². The highest BCUT2D eigenvalue weighted by Crippen LogP contribution is 2.32. The molecule has 1 aliphatic heterocycles. The van der Waals surface area contributed by atoms with Gasteiger partial charge in [-0.15, -0.1) is 5.10 Å². The second kappa shape index (κ2) is 6.62. The monoisotopic (exact) mass is 302 g/mol. The Bertz CT molecular complexity index is 567. The van der Waals surface area contributed by atoms with Crippen LogP contribution in [0.3, 0.4) is 0 Å². The Morgan fingerprint density at radius 2 is 2.24 bits per heavy atom. The van der Waals surface area contributed by atoms with Gasteiger partial charge in [0, 0.05) is 12.7 Å². The molecule has 0 saturated carbocycles. The highest BCUT2D eigenvalue weighted by Gasteiger charge is 2.26. The maximum absolute atomic E-state index is 4.57. The maximum atomic E-state index is 4.57. The molecule has 0 radical (unpaired) electrons. The summed E-state index contributed by atoms with van der Waals surface area (Å²) < 4.78 is 4.16. The zero-order chi connectivity index (χ0) is 14.7. The minimum Gasteiger partial charge on any atom is -0.290 e. The van der Waals surface area contributed by atoms with Gasteiger partial charge in [0.15, 0.2) is 0 Å². The smallest absolute Gasteiger partial charge is 0.0826 e. The normalized spacial score (nSPS) is 20.0. The summed E-state index contributed by atoms with van der Waals surface area (Å²) in [6, 6.07) is 6.66. The maximum Gasteiger partial charge on any atom is 0.0826 e. The largest absolute Gasteiger partial charge is 0.290 e. The Hall–Kier alpha value is -1.33. The number of rotatable bonds is 4. The molecular weight excluding hydrogens is 280 g/mol. The van der Waals surface area contributed by atoms with E-state index in [2.05, 4.69) is 45.5 Å². The first-order valence-corrected chi connectivity index (χ1v) is 8.49. The van der Waals surface area contributed by atoms with Crippen molar-refractivity contribution >= 4 is 11.5 Å². The SMILES string of the molecule is CC(C)c1nnsc1CN1CCCC[C@@H]1c1ccccn1. The molecule has 2 aromatic heterocycles. The van der Waals surface area contributed by atoms with E-state index in [0.29, 0.717) is 12.0 Å². The number of pyridine rings is 1. The molecule has 1 atom stereocenters. The molecule has 0 N–H and O–H groups in total. The minimum atomic E-state index is 0.432. The predicted octanol–water partition coefficient (Wildman–Crippen LogP) is 3.78. The van der Waals surface area contributed by atoms with E-state index in [1.807, 2.05) is 12.3 Å². The van der Waals surface area contributed by atoms with E-state index >= 15 is 0 Å². The average molecular weight is 302 g/mol. The second-order valence-corrected chi connectivity index (χ2v) is 6.81. The third-order valence-electron chi connectivity index (χ3n) is 4.12. The second-order valence-electron chi connectivity index (χ2n) is 5.97. The van der Waals surface area contributed by atoms with Gasteiger partial charge < -0.3 is 0 Å². The Labute approximate surface area is 130 Å². The van der Waals surface area contributed by atoms with Crippen molar-refractivity contribution in [3.8, 4) is 0 Å². The van der Waals surface area contributed by atoms with Crippen LogP contribution in [-0.4, -0.2) is 26.0 Å². The Morgan fingerprint density at radius 3 is 3.00 bits per heavy atom. The molecule has 0 aliphatic carbocycles. The van der Waals surface area contributed by atoms with E-state index in [1.54, 1.807) is 11.5 Å². The Balaban J connectivity index is 1.80. The zero-order valence-corrected chi connectivity index (χ0v) is 13.5. The molecule has 2 aromatic rings. The standard InChI is InChI=1S/C16H22N4S/c1-12(2)16-15(21-19-18-16)11-20-10-6-4-8-14(20)13-7-3-5-9-17-13/h3,5,7,9,12,14H,4,6,8,10-11H2,1-2H3/t14-/m1/s1. The minimum absolute atomic E-state index is 0.432. The summed E-state index contributed by atoms with van der Waals surface area (Å²) in [6.45, 7) is 6.46. The van der Waals surface area contributed by atoms with Crippen LogP contribution >= 0.6 is 11.5 Å². The fourth-order valence-corrected chi connectivity index (χ4v) is 3.86. The van der Waals surface area contributed by atoms with E-state index in [-0.39, 0.29) is 0 Å². The number of hydrogen-bond acceptors (Lipinski definition) is 5. The molecule has 1 fully saturated rings. The van der Waals surface area contributed by atoms with Gasteiger partial charge in [0.05, 0.1) is 22.3 Å². The summed E-state index contributed by atoms with van der Waals surface area (Å²) in [5.41, 5.74) is 2.35. The molecule has 4 nitrogen and oxygen atoms in total. The summed E-state index contributed by atoms with van der Waals surface area (Å²) in [4.78, 5) is 8.43. The van der Waals surface area contributed by atoms with Crippen LogP contribution in [0.5, 0.6) is 0 Å². The summed E-state index contributed by atoms with van der Waals surface area (Å²) in [6.07, 6.45) is 5.65. The number of hydrogen-bond donors (Lipinski definition) is 0. The van der Waals surface area contributed by atoms with Crippen molar-refractivity contribution in [1.29, 1.82) is 0 Å². The summed E-state index contributed by atoms with van der Waals surface area (Å²) >= 11 is 1.55. The van der Waals surface area contributed by atoms with Gasteiger partial charge in [0.25, 0.3) is 0 Å².